The van der Waals surface area contributed by atoms with Crippen molar-refractivity contribution in [1.29, 1.82) is 0 Å². The van der Waals surface area contributed by atoms with E-state index in [1.54, 1.807) is 13.8 Å². The number of benzene rings is 1. The molecule has 0 saturated heterocycles. The predicted molar refractivity (Wildman–Crippen MR) is 78.2 cm³/mol. The molecule has 1 aromatic heterocycles. The molecule has 2 aromatic rings. The van der Waals surface area contributed by atoms with Gasteiger partial charge in [0, 0.05) is 12.1 Å². The highest BCUT2D eigenvalue weighted by Gasteiger charge is 2.06. The fourth-order valence-corrected chi connectivity index (χ4v) is 1.96. The van der Waals surface area contributed by atoms with E-state index >= 15 is 0 Å². The Kier molecular flexibility index (Phi) is 4.95. The quantitative estimate of drug-likeness (QED) is 0.757. The van der Waals surface area contributed by atoms with Crippen LogP contribution in [0.1, 0.15) is 31.3 Å². The normalized spacial score (nSPS) is 14.2. The summed E-state index contributed by atoms with van der Waals surface area (Å²) in [6.45, 7) is 4.62. The summed E-state index contributed by atoms with van der Waals surface area (Å²) in [6, 6.07) is 11.5. The molecule has 108 valence electrons. The standard InChI is InChI=1S/C16H21NO3/c1-11(18)9-17-10-15-7-8-16(20-15)14-5-3-13(4-6-14)12(2)19/h3-8,11-12,17-19H,9-10H2,1-2H3/t11-,12+/m0/s1. The van der Waals surface area contributed by atoms with Crippen LogP contribution in [0.5, 0.6) is 0 Å². The van der Waals surface area contributed by atoms with Crippen molar-refractivity contribution in [2.75, 3.05) is 6.54 Å². The van der Waals surface area contributed by atoms with Crippen LogP contribution < -0.4 is 5.32 Å². The lowest BCUT2D eigenvalue weighted by Crippen LogP contribution is -2.23. The molecule has 0 fully saturated rings. The van der Waals surface area contributed by atoms with Gasteiger partial charge in [-0.2, -0.15) is 0 Å². The van der Waals surface area contributed by atoms with Crippen molar-refractivity contribution in [1.82, 2.24) is 5.32 Å². The van der Waals surface area contributed by atoms with E-state index in [1.165, 1.54) is 0 Å². The predicted octanol–water partition coefficient (Wildman–Crippen LogP) is 2.47. The molecule has 2 atom stereocenters. The van der Waals surface area contributed by atoms with Gasteiger partial charge in [0.05, 0.1) is 18.8 Å². The molecule has 0 radical (unpaired) electrons. The molecule has 0 aliphatic rings. The lowest BCUT2D eigenvalue weighted by atomic mass is 10.1. The molecule has 3 N–H and O–H groups in total. The number of furan rings is 1. The molecule has 0 aliphatic carbocycles. The van der Waals surface area contributed by atoms with Gasteiger partial charge in [-0.1, -0.05) is 24.3 Å². The molecular weight excluding hydrogens is 254 g/mol. The summed E-state index contributed by atoms with van der Waals surface area (Å²) in [5, 5.41) is 21.8. The molecule has 0 amide bonds. The van der Waals surface area contributed by atoms with Gasteiger partial charge in [0.1, 0.15) is 11.5 Å². The van der Waals surface area contributed by atoms with E-state index in [-0.39, 0.29) is 6.10 Å². The zero-order valence-electron chi connectivity index (χ0n) is 11.8. The van der Waals surface area contributed by atoms with Gasteiger partial charge in [0.15, 0.2) is 0 Å². The minimum atomic E-state index is -0.458. The zero-order chi connectivity index (χ0) is 14.5. The molecule has 1 aromatic carbocycles. The average molecular weight is 275 g/mol. The number of hydrogen-bond donors (Lipinski definition) is 3. The van der Waals surface area contributed by atoms with E-state index in [9.17, 15) is 10.2 Å². The molecule has 4 heteroatoms. The van der Waals surface area contributed by atoms with E-state index < -0.39 is 6.10 Å². The topological polar surface area (TPSA) is 65.6 Å². The Morgan fingerprint density at radius 3 is 2.35 bits per heavy atom. The van der Waals surface area contributed by atoms with Crippen molar-refractivity contribution >= 4 is 0 Å². The van der Waals surface area contributed by atoms with Crippen molar-refractivity contribution in [3.63, 3.8) is 0 Å². The van der Waals surface area contributed by atoms with Crippen LogP contribution in [0.3, 0.4) is 0 Å². The first-order valence-corrected chi connectivity index (χ1v) is 6.82. The molecule has 0 spiro atoms. The Hall–Kier alpha value is -1.62. The largest absolute Gasteiger partial charge is 0.460 e. The fourth-order valence-electron chi connectivity index (χ4n) is 1.96. The highest BCUT2D eigenvalue weighted by molar-refractivity contribution is 5.58. The number of nitrogens with one attached hydrogen (secondary N) is 1. The summed E-state index contributed by atoms with van der Waals surface area (Å²) in [6.07, 6.45) is -0.821. The maximum Gasteiger partial charge on any atom is 0.134 e. The summed E-state index contributed by atoms with van der Waals surface area (Å²) in [4.78, 5) is 0. The second kappa shape index (κ2) is 6.70. The van der Waals surface area contributed by atoms with Gasteiger partial charge < -0.3 is 19.9 Å². The molecule has 0 unspecified atom stereocenters. The average Bonchev–Trinajstić information content (AvgIpc) is 2.87. The smallest absolute Gasteiger partial charge is 0.134 e. The first-order valence-electron chi connectivity index (χ1n) is 6.82. The fraction of sp³-hybridized carbons (Fsp3) is 0.375. The van der Waals surface area contributed by atoms with Gasteiger partial charge in [-0.3, -0.25) is 0 Å². The van der Waals surface area contributed by atoms with E-state index in [1.807, 2.05) is 36.4 Å². The molecule has 0 aliphatic heterocycles. The lowest BCUT2D eigenvalue weighted by Gasteiger charge is -2.05. The summed E-state index contributed by atoms with van der Waals surface area (Å²) >= 11 is 0. The molecule has 4 nitrogen and oxygen atoms in total. The van der Waals surface area contributed by atoms with Crippen LogP contribution in [-0.4, -0.2) is 22.9 Å². The Morgan fingerprint density at radius 2 is 1.75 bits per heavy atom. The van der Waals surface area contributed by atoms with Crippen LogP contribution in [0, 0.1) is 0 Å². The van der Waals surface area contributed by atoms with Crippen LogP contribution in [0.25, 0.3) is 11.3 Å². The van der Waals surface area contributed by atoms with Crippen LogP contribution in [0.2, 0.25) is 0 Å². The number of aliphatic hydroxyl groups excluding tert-OH is 2. The van der Waals surface area contributed by atoms with Crippen molar-refractivity contribution in [3.05, 3.63) is 47.7 Å². The molecule has 2 rings (SSSR count). The third-order valence-corrected chi connectivity index (χ3v) is 3.08. The van der Waals surface area contributed by atoms with Gasteiger partial charge in [-0.25, -0.2) is 0 Å². The lowest BCUT2D eigenvalue weighted by molar-refractivity contribution is 0.190. The third kappa shape index (κ3) is 3.93. The monoisotopic (exact) mass is 275 g/mol. The Balaban J connectivity index is 2.01. The molecule has 0 saturated carbocycles. The summed E-state index contributed by atoms with van der Waals surface area (Å²) in [5.74, 6) is 1.64. The Bertz CT molecular complexity index is 529. The van der Waals surface area contributed by atoms with Crippen LogP contribution in [0.15, 0.2) is 40.8 Å². The minimum absolute atomic E-state index is 0.363. The Labute approximate surface area is 119 Å². The number of rotatable bonds is 6. The van der Waals surface area contributed by atoms with E-state index in [0.717, 1.165) is 22.6 Å². The first kappa shape index (κ1) is 14.8. The van der Waals surface area contributed by atoms with Gasteiger partial charge >= 0.3 is 0 Å². The van der Waals surface area contributed by atoms with Crippen LogP contribution >= 0.6 is 0 Å². The first-order chi connectivity index (χ1) is 9.56. The van der Waals surface area contributed by atoms with Crippen molar-refractivity contribution in [2.45, 2.75) is 32.6 Å². The van der Waals surface area contributed by atoms with Crippen LogP contribution in [0.4, 0.5) is 0 Å². The zero-order valence-corrected chi connectivity index (χ0v) is 11.8. The van der Waals surface area contributed by atoms with Crippen LogP contribution in [-0.2, 0) is 6.54 Å². The summed E-state index contributed by atoms with van der Waals surface area (Å²) in [5.41, 5.74) is 1.87. The van der Waals surface area contributed by atoms with Gasteiger partial charge in [0.25, 0.3) is 0 Å². The highest BCUT2D eigenvalue weighted by Crippen LogP contribution is 2.24. The second-order valence-corrected chi connectivity index (χ2v) is 5.04. The molecule has 20 heavy (non-hydrogen) atoms. The van der Waals surface area contributed by atoms with Crippen molar-refractivity contribution in [3.8, 4) is 11.3 Å². The number of aliphatic hydroxyl groups is 2. The number of hydrogen-bond acceptors (Lipinski definition) is 4. The van der Waals surface area contributed by atoms with Gasteiger partial charge in [0.2, 0.25) is 0 Å². The summed E-state index contributed by atoms with van der Waals surface area (Å²) < 4.78 is 5.75. The maximum absolute atomic E-state index is 9.48. The van der Waals surface area contributed by atoms with E-state index in [0.29, 0.717) is 13.1 Å². The SMILES string of the molecule is C[C@H](O)CNCc1ccc(-c2ccc([C@@H](C)O)cc2)o1. The minimum Gasteiger partial charge on any atom is -0.460 e. The van der Waals surface area contributed by atoms with Gasteiger partial charge in [-0.15, -0.1) is 0 Å². The summed E-state index contributed by atoms with van der Waals surface area (Å²) in [7, 11) is 0. The van der Waals surface area contributed by atoms with E-state index in [2.05, 4.69) is 5.32 Å². The maximum atomic E-state index is 9.48. The second-order valence-electron chi connectivity index (χ2n) is 5.04. The Morgan fingerprint density at radius 1 is 1.05 bits per heavy atom. The third-order valence-electron chi connectivity index (χ3n) is 3.08. The highest BCUT2D eigenvalue weighted by atomic mass is 16.3. The molecule has 1 heterocycles. The molecular formula is C16H21NO3. The van der Waals surface area contributed by atoms with Crippen molar-refractivity contribution in [2.24, 2.45) is 0 Å². The molecule has 0 bridgehead atoms. The van der Waals surface area contributed by atoms with E-state index in [4.69, 9.17) is 4.42 Å². The van der Waals surface area contributed by atoms with Gasteiger partial charge in [-0.05, 0) is 31.5 Å². The van der Waals surface area contributed by atoms with Crippen molar-refractivity contribution < 1.29 is 14.6 Å².